The van der Waals surface area contributed by atoms with Gasteiger partial charge in [-0.05, 0) is 12.5 Å². The second-order valence-corrected chi connectivity index (χ2v) is 5.14. The van der Waals surface area contributed by atoms with Crippen molar-refractivity contribution in [3.8, 4) is 0 Å². The van der Waals surface area contributed by atoms with Gasteiger partial charge in [-0.25, -0.2) is 9.97 Å². The van der Waals surface area contributed by atoms with E-state index in [2.05, 4.69) is 27.9 Å². The lowest BCUT2D eigenvalue weighted by atomic mass is 10.2. The molecule has 0 unspecified atom stereocenters. The van der Waals surface area contributed by atoms with Gasteiger partial charge in [-0.2, -0.15) is 0 Å². The summed E-state index contributed by atoms with van der Waals surface area (Å²) in [5.41, 5.74) is 2.69. The molecule has 0 saturated carbocycles. The first kappa shape index (κ1) is 12.4. The van der Waals surface area contributed by atoms with Crippen molar-refractivity contribution in [2.75, 3.05) is 0 Å². The number of benzene rings is 1. The number of rotatable bonds is 4. The minimum absolute atomic E-state index is 0.478. The average molecular weight is 274 g/mol. The Morgan fingerprint density at radius 3 is 2.84 bits per heavy atom. The fourth-order valence-electron chi connectivity index (χ4n) is 2.37. The molecular formula is C15H16ClN3. The Labute approximate surface area is 117 Å². The number of para-hydroxylation sites is 1. The van der Waals surface area contributed by atoms with E-state index in [9.17, 15) is 0 Å². The zero-order valence-electron chi connectivity index (χ0n) is 10.9. The maximum atomic E-state index is 6.22. The molecule has 0 aliphatic carbocycles. The number of aromatic nitrogens is 3. The van der Waals surface area contributed by atoms with Crippen LogP contribution >= 0.6 is 11.6 Å². The monoisotopic (exact) mass is 273 g/mol. The molecule has 0 fully saturated rings. The molecule has 1 aromatic carbocycles. The van der Waals surface area contributed by atoms with Crippen molar-refractivity contribution in [3.05, 3.63) is 35.2 Å². The van der Waals surface area contributed by atoms with E-state index >= 15 is 0 Å². The van der Waals surface area contributed by atoms with E-state index in [4.69, 9.17) is 11.6 Å². The molecule has 0 saturated heterocycles. The smallest absolute Gasteiger partial charge is 0.157 e. The van der Waals surface area contributed by atoms with Crippen molar-refractivity contribution in [1.29, 1.82) is 0 Å². The molecule has 98 valence electrons. The molecule has 0 aliphatic rings. The van der Waals surface area contributed by atoms with Gasteiger partial charge in [-0.15, -0.1) is 0 Å². The van der Waals surface area contributed by atoms with Gasteiger partial charge in [-0.3, -0.25) is 0 Å². The van der Waals surface area contributed by atoms with Gasteiger partial charge in [-0.1, -0.05) is 49.6 Å². The minimum atomic E-state index is 0.478. The molecule has 3 nitrogen and oxygen atoms in total. The number of unbranched alkanes of at least 4 members (excludes halogenated alkanes) is 2. The van der Waals surface area contributed by atoms with Crippen LogP contribution in [0.4, 0.5) is 0 Å². The number of halogens is 1. The van der Waals surface area contributed by atoms with Crippen LogP contribution in [0.2, 0.25) is 5.15 Å². The third-order valence-corrected chi connectivity index (χ3v) is 3.62. The summed E-state index contributed by atoms with van der Waals surface area (Å²) in [6.45, 7) is 2.20. The molecule has 1 N–H and O–H groups in total. The Hall–Kier alpha value is -1.61. The van der Waals surface area contributed by atoms with Crippen molar-refractivity contribution in [2.45, 2.75) is 32.6 Å². The highest BCUT2D eigenvalue weighted by molar-refractivity contribution is 6.35. The highest BCUT2D eigenvalue weighted by Crippen LogP contribution is 2.27. The largest absolute Gasteiger partial charge is 0.341 e. The lowest BCUT2D eigenvalue weighted by Crippen LogP contribution is -1.87. The molecule has 2 heterocycles. The normalized spacial score (nSPS) is 11.5. The van der Waals surface area contributed by atoms with Crippen molar-refractivity contribution >= 4 is 33.5 Å². The van der Waals surface area contributed by atoms with Crippen LogP contribution in [0.1, 0.15) is 32.0 Å². The molecule has 0 bridgehead atoms. The average Bonchev–Trinajstić information content (AvgIpc) is 2.84. The molecular weight excluding hydrogens is 258 g/mol. The highest BCUT2D eigenvalue weighted by atomic mass is 35.5. The first-order valence-corrected chi connectivity index (χ1v) is 7.10. The number of fused-ring (bicyclic) bond motifs is 3. The zero-order valence-corrected chi connectivity index (χ0v) is 11.7. The van der Waals surface area contributed by atoms with Crippen molar-refractivity contribution in [2.24, 2.45) is 0 Å². The number of pyridine rings is 1. The molecule has 19 heavy (non-hydrogen) atoms. The van der Waals surface area contributed by atoms with E-state index in [1.54, 1.807) is 0 Å². The van der Waals surface area contributed by atoms with Crippen LogP contribution in [0.15, 0.2) is 24.3 Å². The number of imidazole rings is 1. The molecule has 2 aromatic heterocycles. The predicted octanol–water partition coefficient (Wildman–Crippen LogP) is 4.50. The Balaban J connectivity index is 2.10. The Kier molecular flexibility index (Phi) is 3.38. The second-order valence-electron chi connectivity index (χ2n) is 4.78. The summed E-state index contributed by atoms with van der Waals surface area (Å²) in [6, 6.07) is 8.00. The molecule has 0 atom stereocenters. The third-order valence-electron chi connectivity index (χ3n) is 3.36. The summed E-state index contributed by atoms with van der Waals surface area (Å²) in [7, 11) is 0. The van der Waals surface area contributed by atoms with Crippen LogP contribution < -0.4 is 0 Å². The van der Waals surface area contributed by atoms with E-state index in [1.807, 2.05) is 18.2 Å². The fraction of sp³-hybridized carbons (Fsp3) is 0.333. The van der Waals surface area contributed by atoms with Gasteiger partial charge in [0.05, 0.1) is 11.0 Å². The minimum Gasteiger partial charge on any atom is -0.341 e. The van der Waals surface area contributed by atoms with Crippen LogP contribution in [0.3, 0.4) is 0 Å². The number of aryl methyl sites for hydroxylation is 1. The summed E-state index contributed by atoms with van der Waals surface area (Å²) >= 11 is 6.22. The molecule has 0 amide bonds. The van der Waals surface area contributed by atoms with Crippen LogP contribution in [-0.4, -0.2) is 15.0 Å². The first-order valence-electron chi connectivity index (χ1n) is 6.72. The summed E-state index contributed by atoms with van der Waals surface area (Å²) < 4.78 is 0. The zero-order chi connectivity index (χ0) is 13.2. The van der Waals surface area contributed by atoms with Gasteiger partial charge >= 0.3 is 0 Å². The topological polar surface area (TPSA) is 41.6 Å². The summed E-state index contributed by atoms with van der Waals surface area (Å²) in [5.74, 6) is 1.00. The van der Waals surface area contributed by atoms with Gasteiger partial charge in [0.1, 0.15) is 11.3 Å². The van der Waals surface area contributed by atoms with E-state index in [0.29, 0.717) is 5.15 Å². The Morgan fingerprint density at radius 2 is 2.00 bits per heavy atom. The lowest BCUT2D eigenvalue weighted by molar-refractivity contribution is 0.700. The SMILES string of the molecule is CCCCCc1nc2c(Cl)nc3ccccc3c2[nH]1. The number of hydrogen-bond acceptors (Lipinski definition) is 2. The van der Waals surface area contributed by atoms with Gasteiger partial charge < -0.3 is 4.98 Å². The van der Waals surface area contributed by atoms with Crippen LogP contribution in [0, 0.1) is 0 Å². The maximum absolute atomic E-state index is 6.22. The number of nitrogens with zero attached hydrogens (tertiary/aromatic N) is 2. The quantitative estimate of drug-likeness (QED) is 0.562. The Bertz CT molecular complexity index is 718. The van der Waals surface area contributed by atoms with E-state index in [0.717, 1.165) is 40.6 Å². The first-order chi connectivity index (χ1) is 9.29. The maximum Gasteiger partial charge on any atom is 0.157 e. The molecule has 3 aromatic rings. The van der Waals surface area contributed by atoms with E-state index < -0.39 is 0 Å². The molecule has 0 spiro atoms. The summed E-state index contributed by atoms with van der Waals surface area (Å²) in [5, 5.41) is 1.56. The van der Waals surface area contributed by atoms with Crippen LogP contribution in [0.5, 0.6) is 0 Å². The fourth-order valence-corrected chi connectivity index (χ4v) is 2.60. The van der Waals surface area contributed by atoms with Gasteiger partial charge in [0.2, 0.25) is 0 Å². The predicted molar refractivity (Wildman–Crippen MR) is 79.6 cm³/mol. The summed E-state index contributed by atoms with van der Waals surface area (Å²) in [6.07, 6.45) is 4.56. The lowest BCUT2D eigenvalue weighted by Gasteiger charge is -1.98. The van der Waals surface area contributed by atoms with Crippen LogP contribution in [-0.2, 0) is 6.42 Å². The van der Waals surface area contributed by atoms with Crippen molar-refractivity contribution in [3.63, 3.8) is 0 Å². The third kappa shape index (κ3) is 2.30. The highest BCUT2D eigenvalue weighted by Gasteiger charge is 2.11. The molecule has 4 heteroatoms. The number of H-pyrrole nitrogens is 1. The number of aromatic amines is 1. The van der Waals surface area contributed by atoms with E-state index in [1.165, 1.54) is 12.8 Å². The second kappa shape index (κ2) is 5.17. The van der Waals surface area contributed by atoms with Crippen LogP contribution in [0.25, 0.3) is 21.9 Å². The molecule has 3 rings (SSSR count). The molecule has 0 aliphatic heterocycles. The van der Waals surface area contributed by atoms with Gasteiger partial charge in [0.25, 0.3) is 0 Å². The Morgan fingerprint density at radius 1 is 1.16 bits per heavy atom. The van der Waals surface area contributed by atoms with Crippen molar-refractivity contribution < 1.29 is 0 Å². The molecule has 0 radical (unpaired) electrons. The number of hydrogen-bond donors (Lipinski definition) is 1. The van der Waals surface area contributed by atoms with Gasteiger partial charge in [0.15, 0.2) is 5.15 Å². The standard InChI is InChI=1S/C15H16ClN3/c1-2-3-4-9-12-18-13-10-7-5-6-8-11(10)17-15(16)14(13)19-12/h5-8H,2-4,9H2,1H3,(H,18,19). The van der Waals surface area contributed by atoms with Crippen molar-refractivity contribution in [1.82, 2.24) is 15.0 Å². The van der Waals surface area contributed by atoms with Gasteiger partial charge in [0, 0.05) is 11.8 Å². The van der Waals surface area contributed by atoms with E-state index in [-0.39, 0.29) is 0 Å². The number of nitrogens with one attached hydrogen (secondary N) is 1. The summed E-state index contributed by atoms with van der Waals surface area (Å²) in [4.78, 5) is 12.4.